The maximum atomic E-state index is 13.1. The zero-order valence-electron chi connectivity index (χ0n) is 17.1. The van der Waals surface area contributed by atoms with Crippen molar-refractivity contribution in [2.75, 3.05) is 37.5 Å². The van der Waals surface area contributed by atoms with E-state index in [1.165, 1.54) is 45.5 Å². The minimum absolute atomic E-state index is 0.157. The third-order valence-corrected chi connectivity index (χ3v) is 7.98. The van der Waals surface area contributed by atoms with Gasteiger partial charge < -0.3 is 9.80 Å². The van der Waals surface area contributed by atoms with Crippen molar-refractivity contribution in [3.05, 3.63) is 54.1 Å². The number of hydrogen-bond donors (Lipinski definition) is 0. The van der Waals surface area contributed by atoms with Crippen LogP contribution in [0.15, 0.2) is 53.4 Å². The van der Waals surface area contributed by atoms with E-state index in [2.05, 4.69) is 11.0 Å². The highest BCUT2D eigenvalue weighted by Gasteiger charge is 2.39. The van der Waals surface area contributed by atoms with Gasteiger partial charge in [-0.05, 0) is 61.6 Å². The molecule has 154 valence electrons. The summed E-state index contributed by atoms with van der Waals surface area (Å²) >= 11 is 0. The molecule has 0 radical (unpaired) electrons. The Kier molecular flexibility index (Phi) is 5.12. The third kappa shape index (κ3) is 3.53. The summed E-state index contributed by atoms with van der Waals surface area (Å²) in [5.74, 6) is 0.607. The van der Waals surface area contributed by atoms with E-state index in [9.17, 15) is 13.2 Å². The van der Waals surface area contributed by atoms with E-state index in [0.29, 0.717) is 11.6 Å². The highest BCUT2D eigenvalue weighted by molar-refractivity contribution is 7.89. The van der Waals surface area contributed by atoms with E-state index >= 15 is 0 Å². The molecular weight excluding hydrogens is 386 g/mol. The van der Waals surface area contributed by atoms with Crippen molar-refractivity contribution in [1.82, 2.24) is 4.31 Å². The van der Waals surface area contributed by atoms with E-state index in [4.69, 9.17) is 0 Å². The Morgan fingerprint density at radius 2 is 1.69 bits per heavy atom. The summed E-state index contributed by atoms with van der Waals surface area (Å²) in [5.41, 5.74) is 2.44. The molecule has 2 aliphatic rings. The number of para-hydroxylation sites is 2. The zero-order valence-corrected chi connectivity index (χ0v) is 17.9. The summed E-state index contributed by atoms with van der Waals surface area (Å²) in [6.45, 7) is 1.06. The maximum absolute atomic E-state index is 13.1. The smallest absolute Gasteiger partial charge is 0.258 e. The Bertz CT molecular complexity index is 1020. The molecule has 2 unspecified atom stereocenters. The second-order valence-electron chi connectivity index (χ2n) is 8.15. The Balaban J connectivity index is 1.59. The van der Waals surface area contributed by atoms with Crippen LogP contribution in [0.5, 0.6) is 0 Å². The molecule has 2 aromatic rings. The van der Waals surface area contributed by atoms with Crippen LogP contribution in [0.25, 0.3) is 0 Å². The van der Waals surface area contributed by atoms with Crippen molar-refractivity contribution in [3.8, 4) is 0 Å². The number of amides is 1. The first-order valence-corrected chi connectivity index (χ1v) is 11.4. The summed E-state index contributed by atoms with van der Waals surface area (Å²) in [6.07, 6.45) is 3.77. The minimum atomic E-state index is -3.51. The topological polar surface area (TPSA) is 60.9 Å². The van der Waals surface area contributed by atoms with Gasteiger partial charge in [0.25, 0.3) is 5.91 Å². The molecule has 1 aliphatic carbocycles. The summed E-state index contributed by atoms with van der Waals surface area (Å²) in [4.78, 5) is 17.4. The summed E-state index contributed by atoms with van der Waals surface area (Å²) < 4.78 is 25.7. The lowest BCUT2D eigenvalue weighted by Crippen LogP contribution is -2.34. The molecule has 0 N–H and O–H groups in total. The van der Waals surface area contributed by atoms with Gasteiger partial charge in [-0.15, -0.1) is 0 Å². The maximum Gasteiger partial charge on any atom is 0.258 e. The standard InChI is InChI=1S/C22H27N3O3S/c1-23(2)29(27,28)19-12-9-17(10-13-19)22(26)24(3)20-6-4-5-7-21(20)25-15-16-8-11-18(25)14-16/h4-7,9-10,12-13,16,18H,8,11,14-15H2,1-3H3. The molecule has 0 spiro atoms. The molecule has 4 rings (SSSR count). The average Bonchev–Trinajstić information content (AvgIpc) is 3.36. The molecular formula is C22H27N3O3S. The predicted octanol–water partition coefficient (Wildman–Crippen LogP) is 3.20. The third-order valence-electron chi connectivity index (χ3n) is 6.15. The lowest BCUT2D eigenvalue weighted by molar-refractivity contribution is 0.0993. The molecule has 1 saturated heterocycles. The van der Waals surface area contributed by atoms with Crippen LogP contribution in [0.3, 0.4) is 0 Å². The molecule has 2 bridgehead atoms. The van der Waals surface area contributed by atoms with Crippen molar-refractivity contribution in [1.29, 1.82) is 0 Å². The van der Waals surface area contributed by atoms with Crippen LogP contribution >= 0.6 is 0 Å². The summed E-state index contributed by atoms with van der Waals surface area (Å²) in [5, 5.41) is 0. The van der Waals surface area contributed by atoms with Gasteiger partial charge in [-0.2, -0.15) is 0 Å². The van der Waals surface area contributed by atoms with Crippen LogP contribution in [-0.4, -0.2) is 52.4 Å². The van der Waals surface area contributed by atoms with Crippen LogP contribution in [0.1, 0.15) is 29.6 Å². The Morgan fingerprint density at radius 3 is 2.28 bits per heavy atom. The molecule has 0 aromatic heterocycles. The van der Waals surface area contributed by atoms with Crippen molar-refractivity contribution < 1.29 is 13.2 Å². The van der Waals surface area contributed by atoms with Gasteiger partial charge in [0.2, 0.25) is 10.0 Å². The van der Waals surface area contributed by atoms with Gasteiger partial charge in [-0.3, -0.25) is 4.79 Å². The Labute approximate surface area is 172 Å². The van der Waals surface area contributed by atoms with Crippen LogP contribution < -0.4 is 9.80 Å². The lowest BCUT2D eigenvalue weighted by atomic mass is 10.1. The highest BCUT2D eigenvalue weighted by atomic mass is 32.2. The molecule has 2 atom stereocenters. The first kappa shape index (κ1) is 19.9. The molecule has 1 amide bonds. The minimum Gasteiger partial charge on any atom is -0.367 e. The van der Waals surface area contributed by atoms with Crippen LogP contribution in [0, 0.1) is 5.92 Å². The van der Waals surface area contributed by atoms with Gasteiger partial charge in [0, 0.05) is 39.3 Å². The average molecular weight is 414 g/mol. The fraction of sp³-hybridized carbons (Fsp3) is 0.409. The van der Waals surface area contributed by atoms with Gasteiger partial charge in [0.15, 0.2) is 0 Å². The van der Waals surface area contributed by atoms with Gasteiger partial charge in [-0.1, -0.05) is 12.1 Å². The van der Waals surface area contributed by atoms with Crippen molar-refractivity contribution in [2.24, 2.45) is 5.92 Å². The summed E-state index contributed by atoms with van der Waals surface area (Å²) in [6, 6.07) is 14.7. The molecule has 6 nitrogen and oxygen atoms in total. The number of anilines is 2. The van der Waals surface area contributed by atoms with E-state index in [-0.39, 0.29) is 10.8 Å². The van der Waals surface area contributed by atoms with E-state index in [0.717, 1.165) is 28.1 Å². The molecule has 7 heteroatoms. The van der Waals surface area contributed by atoms with Crippen molar-refractivity contribution >= 4 is 27.3 Å². The number of fused-ring (bicyclic) bond motifs is 2. The SMILES string of the molecule is CN(C(=O)c1ccc(S(=O)(=O)N(C)C)cc1)c1ccccc1N1CC2CCC1C2. The van der Waals surface area contributed by atoms with E-state index < -0.39 is 10.0 Å². The monoisotopic (exact) mass is 413 g/mol. The predicted molar refractivity (Wildman–Crippen MR) is 115 cm³/mol. The molecule has 2 aromatic carbocycles. The van der Waals surface area contributed by atoms with E-state index in [1.807, 2.05) is 18.2 Å². The molecule has 1 heterocycles. The van der Waals surface area contributed by atoms with Crippen LogP contribution in [-0.2, 0) is 10.0 Å². The van der Waals surface area contributed by atoms with Gasteiger partial charge in [-0.25, -0.2) is 12.7 Å². The molecule has 2 fully saturated rings. The van der Waals surface area contributed by atoms with E-state index in [1.54, 1.807) is 24.1 Å². The second kappa shape index (κ2) is 7.46. The van der Waals surface area contributed by atoms with Crippen molar-refractivity contribution in [3.63, 3.8) is 0 Å². The van der Waals surface area contributed by atoms with Crippen LogP contribution in [0.2, 0.25) is 0 Å². The Hall–Kier alpha value is -2.38. The fourth-order valence-corrected chi connectivity index (χ4v) is 5.40. The number of nitrogens with zero attached hydrogens (tertiary/aromatic N) is 3. The lowest BCUT2D eigenvalue weighted by Gasteiger charge is -2.33. The number of hydrogen-bond acceptors (Lipinski definition) is 4. The van der Waals surface area contributed by atoms with Crippen LogP contribution in [0.4, 0.5) is 11.4 Å². The normalized spacial score (nSPS) is 21.0. The molecule has 1 saturated carbocycles. The van der Waals surface area contributed by atoms with Gasteiger partial charge >= 0.3 is 0 Å². The van der Waals surface area contributed by atoms with Crippen molar-refractivity contribution in [2.45, 2.75) is 30.2 Å². The number of carbonyl (C=O) groups excluding carboxylic acids is 1. The number of carbonyl (C=O) groups is 1. The number of piperidine rings is 1. The highest BCUT2D eigenvalue weighted by Crippen LogP contribution is 2.43. The first-order chi connectivity index (χ1) is 13.8. The molecule has 1 aliphatic heterocycles. The zero-order chi connectivity index (χ0) is 20.8. The number of benzene rings is 2. The van der Waals surface area contributed by atoms with Gasteiger partial charge in [0.1, 0.15) is 0 Å². The quantitative estimate of drug-likeness (QED) is 0.755. The van der Waals surface area contributed by atoms with Gasteiger partial charge in [0.05, 0.1) is 16.3 Å². The summed E-state index contributed by atoms with van der Waals surface area (Å²) in [7, 11) is 1.25. The number of rotatable bonds is 5. The molecule has 29 heavy (non-hydrogen) atoms. The number of sulfonamides is 1. The fourth-order valence-electron chi connectivity index (χ4n) is 4.49. The largest absolute Gasteiger partial charge is 0.367 e. The Morgan fingerprint density at radius 1 is 1.00 bits per heavy atom. The second-order valence-corrected chi connectivity index (χ2v) is 10.3. The first-order valence-electron chi connectivity index (χ1n) is 9.95.